The second-order valence-corrected chi connectivity index (χ2v) is 5.72. The number of rotatable bonds is 2. The van der Waals surface area contributed by atoms with Crippen LogP contribution in [0.3, 0.4) is 0 Å². The number of carbonyl (C=O) groups excluding carboxylic acids is 1. The predicted molar refractivity (Wildman–Crippen MR) is 75.7 cm³/mol. The fourth-order valence-electron chi connectivity index (χ4n) is 2.13. The number of amides is 1. The van der Waals surface area contributed by atoms with Crippen LogP contribution < -0.4 is 0 Å². The minimum Gasteiger partial charge on any atom is -0.362 e. The topological polar surface area (TPSA) is 52.9 Å². The Labute approximate surface area is 134 Å². The summed E-state index contributed by atoms with van der Waals surface area (Å²) in [4.78, 5) is 12.2. The summed E-state index contributed by atoms with van der Waals surface area (Å²) >= 11 is 11.8. The van der Waals surface area contributed by atoms with Crippen molar-refractivity contribution < 1.29 is 23.1 Å². The van der Waals surface area contributed by atoms with Crippen molar-refractivity contribution in [3.05, 3.63) is 33.8 Å². The molecule has 120 valence electrons. The van der Waals surface area contributed by atoms with Crippen molar-refractivity contribution in [2.24, 2.45) is 5.10 Å². The Morgan fingerprint density at radius 2 is 1.95 bits per heavy atom. The highest BCUT2D eigenvalue weighted by Gasteiger charge is 2.62. The normalized spacial score (nSPS) is 22.0. The zero-order valence-corrected chi connectivity index (χ0v) is 12.8. The van der Waals surface area contributed by atoms with Crippen LogP contribution in [-0.4, -0.2) is 33.6 Å². The maximum absolute atomic E-state index is 13.1. The maximum atomic E-state index is 13.1. The number of halogens is 5. The van der Waals surface area contributed by atoms with E-state index in [-0.39, 0.29) is 26.3 Å². The van der Waals surface area contributed by atoms with Gasteiger partial charge in [-0.05, 0) is 24.6 Å². The van der Waals surface area contributed by atoms with Gasteiger partial charge in [0.1, 0.15) is 0 Å². The van der Waals surface area contributed by atoms with E-state index in [0.717, 1.165) is 0 Å². The Morgan fingerprint density at radius 1 is 1.41 bits per heavy atom. The molecule has 1 aliphatic rings. The Balaban J connectivity index is 2.32. The molecule has 0 spiro atoms. The van der Waals surface area contributed by atoms with Gasteiger partial charge in [0, 0.05) is 22.2 Å². The SMILES string of the molecule is CC1=NN(C(=O)Cc2c(Cl)cccc2Cl)[C@@](O)(C(F)(F)F)C1. The first-order valence-electron chi connectivity index (χ1n) is 6.15. The zero-order chi connectivity index (χ0) is 16.7. The Hall–Kier alpha value is -1.31. The van der Waals surface area contributed by atoms with E-state index in [2.05, 4.69) is 5.10 Å². The number of benzene rings is 1. The van der Waals surface area contributed by atoms with Gasteiger partial charge in [-0.25, -0.2) is 0 Å². The molecule has 0 saturated heterocycles. The fraction of sp³-hybridized carbons (Fsp3) is 0.385. The predicted octanol–water partition coefficient (Wildman–Crippen LogP) is 3.40. The van der Waals surface area contributed by atoms with Crippen LogP contribution in [0.4, 0.5) is 13.2 Å². The summed E-state index contributed by atoms with van der Waals surface area (Å²) in [5.74, 6) is -1.05. The van der Waals surface area contributed by atoms with Gasteiger partial charge in [-0.2, -0.15) is 23.3 Å². The summed E-state index contributed by atoms with van der Waals surface area (Å²) in [6, 6.07) is 4.47. The van der Waals surface area contributed by atoms with E-state index in [0.29, 0.717) is 0 Å². The Kier molecular flexibility index (Phi) is 4.43. The number of nitrogens with zero attached hydrogens (tertiary/aromatic N) is 2. The van der Waals surface area contributed by atoms with E-state index in [4.69, 9.17) is 23.2 Å². The average molecular weight is 355 g/mol. The van der Waals surface area contributed by atoms with E-state index >= 15 is 0 Å². The highest BCUT2D eigenvalue weighted by Crippen LogP contribution is 2.40. The van der Waals surface area contributed by atoms with Gasteiger partial charge < -0.3 is 5.11 Å². The largest absolute Gasteiger partial charge is 0.438 e. The van der Waals surface area contributed by atoms with Gasteiger partial charge in [-0.1, -0.05) is 29.3 Å². The molecule has 2 rings (SSSR count). The molecule has 22 heavy (non-hydrogen) atoms. The van der Waals surface area contributed by atoms with E-state index in [1.165, 1.54) is 19.1 Å². The van der Waals surface area contributed by atoms with Crippen LogP contribution in [-0.2, 0) is 11.2 Å². The fourth-order valence-corrected chi connectivity index (χ4v) is 2.66. The summed E-state index contributed by atoms with van der Waals surface area (Å²) < 4.78 is 39.2. The number of hydrazone groups is 1. The van der Waals surface area contributed by atoms with Gasteiger partial charge in [0.2, 0.25) is 5.91 Å². The summed E-state index contributed by atoms with van der Waals surface area (Å²) in [5, 5.41) is 13.7. The van der Waals surface area contributed by atoms with E-state index in [1.54, 1.807) is 6.07 Å². The highest BCUT2D eigenvalue weighted by molar-refractivity contribution is 6.36. The third kappa shape index (κ3) is 2.93. The Bertz CT molecular complexity index is 628. The molecule has 0 saturated carbocycles. The lowest BCUT2D eigenvalue weighted by Gasteiger charge is -2.32. The second kappa shape index (κ2) is 5.72. The minimum atomic E-state index is -5.03. The van der Waals surface area contributed by atoms with Crippen molar-refractivity contribution in [2.75, 3.05) is 0 Å². The molecule has 4 nitrogen and oxygen atoms in total. The van der Waals surface area contributed by atoms with E-state index in [9.17, 15) is 23.1 Å². The number of aliphatic hydroxyl groups is 1. The lowest BCUT2D eigenvalue weighted by atomic mass is 10.1. The van der Waals surface area contributed by atoms with Gasteiger partial charge in [0.05, 0.1) is 6.42 Å². The van der Waals surface area contributed by atoms with Crippen LogP contribution in [0, 0.1) is 0 Å². The molecule has 1 heterocycles. The van der Waals surface area contributed by atoms with Gasteiger partial charge in [0.25, 0.3) is 5.72 Å². The van der Waals surface area contributed by atoms with Crippen LogP contribution in [0.15, 0.2) is 23.3 Å². The Morgan fingerprint density at radius 3 is 2.45 bits per heavy atom. The molecule has 1 amide bonds. The smallest absolute Gasteiger partial charge is 0.362 e. The summed E-state index contributed by atoms with van der Waals surface area (Å²) in [5.41, 5.74) is -3.17. The van der Waals surface area contributed by atoms with Gasteiger partial charge >= 0.3 is 6.18 Å². The quantitative estimate of drug-likeness (QED) is 0.884. The molecular formula is C13H11Cl2F3N2O2. The molecule has 0 radical (unpaired) electrons. The molecule has 1 aliphatic heterocycles. The molecule has 1 N–H and O–H groups in total. The van der Waals surface area contributed by atoms with Crippen molar-refractivity contribution >= 4 is 34.8 Å². The molecule has 0 aromatic heterocycles. The minimum absolute atomic E-state index is 0.00145. The van der Waals surface area contributed by atoms with Gasteiger partial charge in [-0.3, -0.25) is 4.79 Å². The third-order valence-corrected chi connectivity index (χ3v) is 3.91. The average Bonchev–Trinajstić information content (AvgIpc) is 2.70. The standard InChI is InChI=1S/C13H11Cl2F3N2O2/c1-7-6-12(22,13(16,17)18)20(19-7)11(21)5-8-9(14)3-2-4-10(8)15/h2-4,22H,5-6H2,1H3/t12-/m0/s1. The lowest BCUT2D eigenvalue weighted by Crippen LogP contribution is -2.57. The third-order valence-electron chi connectivity index (χ3n) is 3.20. The van der Waals surface area contributed by atoms with Crippen molar-refractivity contribution in [2.45, 2.75) is 31.7 Å². The summed E-state index contributed by atoms with van der Waals surface area (Å²) in [6.45, 7) is 1.30. The molecule has 1 aromatic rings. The first-order valence-corrected chi connectivity index (χ1v) is 6.91. The lowest BCUT2D eigenvalue weighted by molar-refractivity contribution is -0.302. The van der Waals surface area contributed by atoms with Crippen LogP contribution in [0.1, 0.15) is 18.9 Å². The van der Waals surface area contributed by atoms with Crippen molar-refractivity contribution in [1.29, 1.82) is 0 Å². The molecule has 9 heteroatoms. The zero-order valence-electron chi connectivity index (χ0n) is 11.3. The molecule has 0 aliphatic carbocycles. The number of hydrogen-bond acceptors (Lipinski definition) is 3. The monoisotopic (exact) mass is 354 g/mol. The van der Waals surface area contributed by atoms with Crippen LogP contribution in [0.25, 0.3) is 0 Å². The summed E-state index contributed by atoms with van der Waals surface area (Å²) in [6.07, 6.45) is -6.33. The molecule has 1 atom stereocenters. The van der Waals surface area contributed by atoms with Crippen LogP contribution in [0.5, 0.6) is 0 Å². The molecule has 0 unspecified atom stereocenters. The maximum Gasteiger partial charge on any atom is 0.438 e. The van der Waals surface area contributed by atoms with Gasteiger partial charge in [0.15, 0.2) is 0 Å². The van der Waals surface area contributed by atoms with Crippen molar-refractivity contribution in [3.63, 3.8) is 0 Å². The van der Waals surface area contributed by atoms with E-state index in [1.807, 2.05) is 0 Å². The summed E-state index contributed by atoms with van der Waals surface area (Å²) in [7, 11) is 0. The second-order valence-electron chi connectivity index (χ2n) is 4.91. The van der Waals surface area contributed by atoms with Gasteiger partial charge in [-0.15, -0.1) is 0 Å². The van der Waals surface area contributed by atoms with E-state index < -0.39 is 30.7 Å². The number of carbonyl (C=O) groups is 1. The molecule has 1 aromatic carbocycles. The first kappa shape index (κ1) is 17.1. The molecular weight excluding hydrogens is 344 g/mol. The van der Waals surface area contributed by atoms with Crippen LogP contribution in [0.2, 0.25) is 10.0 Å². The number of hydrogen-bond donors (Lipinski definition) is 1. The van der Waals surface area contributed by atoms with Crippen molar-refractivity contribution in [3.8, 4) is 0 Å². The first-order chi connectivity index (χ1) is 10.1. The molecule has 0 bridgehead atoms. The number of alkyl halides is 3. The highest BCUT2D eigenvalue weighted by atomic mass is 35.5. The van der Waals surface area contributed by atoms with Crippen LogP contribution >= 0.6 is 23.2 Å². The molecule has 0 fully saturated rings. The van der Waals surface area contributed by atoms with Crippen molar-refractivity contribution in [1.82, 2.24) is 5.01 Å².